The van der Waals surface area contributed by atoms with E-state index in [1.807, 2.05) is 48.5 Å². The van der Waals surface area contributed by atoms with Gasteiger partial charge in [-0.1, -0.05) is 35.9 Å². The van der Waals surface area contributed by atoms with Gasteiger partial charge in [-0.2, -0.15) is 0 Å². The van der Waals surface area contributed by atoms with Crippen molar-refractivity contribution in [3.8, 4) is 17.2 Å². The predicted octanol–water partition coefficient (Wildman–Crippen LogP) is 5.36. The van der Waals surface area contributed by atoms with Crippen molar-refractivity contribution in [3.05, 3.63) is 77.3 Å². The fourth-order valence-electron chi connectivity index (χ4n) is 2.99. The molecule has 0 fully saturated rings. The van der Waals surface area contributed by atoms with Crippen LogP contribution < -0.4 is 14.4 Å². The van der Waals surface area contributed by atoms with Crippen molar-refractivity contribution in [2.24, 2.45) is 0 Å². The summed E-state index contributed by atoms with van der Waals surface area (Å²) in [6, 6.07) is 20.2. The molecule has 0 atom stereocenters. The number of nitrogens with zero attached hydrogens (tertiary/aromatic N) is 1. The summed E-state index contributed by atoms with van der Waals surface area (Å²) >= 11 is 6.16. The van der Waals surface area contributed by atoms with Crippen LogP contribution >= 0.6 is 11.6 Å². The van der Waals surface area contributed by atoms with Crippen molar-refractivity contribution in [2.75, 3.05) is 12.0 Å². The lowest BCUT2D eigenvalue weighted by molar-refractivity contribution is -0.117. The lowest BCUT2D eigenvalue weighted by atomic mass is 10.1. The second-order valence-electron chi connectivity index (χ2n) is 5.94. The summed E-state index contributed by atoms with van der Waals surface area (Å²) in [4.78, 5) is 14.8. The van der Waals surface area contributed by atoms with Crippen LogP contribution in [-0.2, 0) is 11.2 Å². The van der Waals surface area contributed by atoms with Gasteiger partial charge in [0.25, 0.3) is 0 Å². The average molecular weight is 366 g/mol. The molecular formula is C21H16ClNO3. The summed E-state index contributed by atoms with van der Waals surface area (Å²) in [5, 5.41) is 0.550. The van der Waals surface area contributed by atoms with E-state index >= 15 is 0 Å². The topological polar surface area (TPSA) is 38.8 Å². The fraction of sp³-hybridized carbons (Fsp3) is 0.0952. The minimum Gasteiger partial charge on any atom is -0.497 e. The van der Waals surface area contributed by atoms with E-state index in [0.29, 0.717) is 27.9 Å². The highest BCUT2D eigenvalue weighted by Crippen LogP contribution is 2.47. The summed E-state index contributed by atoms with van der Waals surface area (Å²) < 4.78 is 11.1. The molecule has 0 saturated heterocycles. The van der Waals surface area contributed by atoms with E-state index in [1.54, 1.807) is 30.2 Å². The van der Waals surface area contributed by atoms with E-state index in [2.05, 4.69) is 0 Å². The molecule has 3 aromatic rings. The summed E-state index contributed by atoms with van der Waals surface area (Å²) in [5.74, 6) is 1.95. The molecule has 3 aromatic carbocycles. The minimum atomic E-state index is -0.0607. The molecule has 0 aliphatic carbocycles. The highest BCUT2D eigenvalue weighted by Gasteiger charge is 2.29. The highest BCUT2D eigenvalue weighted by atomic mass is 35.5. The number of carbonyl (C=O) groups excluding carboxylic acids is 1. The number of para-hydroxylation sites is 2. The summed E-state index contributed by atoms with van der Waals surface area (Å²) in [5.41, 5.74) is 2.26. The Hall–Kier alpha value is -2.98. The standard InChI is InChI=1S/C21H16ClNO3/c1-25-16-9-6-14(7-10-16)12-21(24)23-17-4-2-3-5-19(17)26-20-11-8-15(22)13-18(20)23/h2-11,13H,12H2,1H3. The third-order valence-corrected chi connectivity index (χ3v) is 4.49. The molecule has 0 bridgehead atoms. The normalized spacial score (nSPS) is 12.0. The average Bonchev–Trinajstić information content (AvgIpc) is 2.66. The minimum absolute atomic E-state index is 0.0607. The molecule has 0 unspecified atom stereocenters. The third kappa shape index (κ3) is 3.00. The number of halogens is 1. The zero-order valence-electron chi connectivity index (χ0n) is 14.1. The van der Waals surface area contributed by atoms with E-state index in [9.17, 15) is 4.79 Å². The van der Waals surface area contributed by atoms with E-state index in [1.165, 1.54) is 0 Å². The molecule has 0 aromatic heterocycles. The number of methoxy groups -OCH3 is 1. The van der Waals surface area contributed by atoms with Crippen LogP contribution in [0, 0.1) is 0 Å². The zero-order valence-corrected chi connectivity index (χ0v) is 14.9. The van der Waals surface area contributed by atoms with Gasteiger partial charge in [0.05, 0.1) is 24.9 Å². The lowest BCUT2D eigenvalue weighted by Gasteiger charge is -2.31. The Bertz CT molecular complexity index is 969. The van der Waals surface area contributed by atoms with Gasteiger partial charge >= 0.3 is 0 Å². The maximum Gasteiger partial charge on any atom is 0.236 e. The van der Waals surface area contributed by atoms with Gasteiger partial charge in [0, 0.05) is 5.02 Å². The second-order valence-corrected chi connectivity index (χ2v) is 6.37. The van der Waals surface area contributed by atoms with E-state index in [0.717, 1.165) is 11.3 Å². The molecule has 0 N–H and O–H groups in total. The highest BCUT2D eigenvalue weighted by molar-refractivity contribution is 6.31. The Morgan fingerprint density at radius 3 is 2.50 bits per heavy atom. The first-order valence-electron chi connectivity index (χ1n) is 8.18. The molecule has 0 radical (unpaired) electrons. The monoisotopic (exact) mass is 365 g/mol. The number of benzene rings is 3. The smallest absolute Gasteiger partial charge is 0.236 e. The number of hydrogen-bond donors (Lipinski definition) is 0. The van der Waals surface area contributed by atoms with Gasteiger partial charge in [-0.05, 0) is 48.0 Å². The van der Waals surface area contributed by atoms with Gasteiger partial charge < -0.3 is 9.47 Å². The first kappa shape index (κ1) is 16.5. The number of rotatable bonds is 3. The Labute approximate surface area is 156 Å². The second kappa shape index (κ2) is 6.73. The number of fused-ring (bicyclic) bond motifs is 2. The van der Waals surface area contributed by atoms with Crippen molar-refractivity contribution in [1.82, 2.24) is 0 Å². The molecule has 1 aliphatic rings. The number of amides is 1. The van der Waals surface area contributed by atoms with Crippen LogP contribution in [0.2, 0.25) is 5.02 Å². The SMILES string of the molecule is COc1ccc(CC(=O)N2c3ccccc3Oc3ccc(Cl)cc32)cc1. The number of carbonyl (C=O) groups is 1. The van der Waals surface area contributed by atoms with Gasteiger partial charge in [-0.15, -0.1) is 0 Å². The molecular weight excluding hydrogens is 350 g/mol. The lowest BCUT2D eigenvalue weighted by Crippen LogP contribution is -2.30. The molecule has 26 heavy (non-hydrogen) atoms. The van der Waals surface area contributed by atoms with Crippen molar-refractivity contribution < 1.29 is 14.3 Å². The van der Waals surface area contributed by atoms with Crippen LogP contribution in [0.1, 0.15) is 5.56 Å². The largest absolute Gasteiger partial charge is 0.497 e. The maximum atomic E-state index is 13.2. The molecule has 1 amide bonds. The van der Waals surface area contributed by atoms with Gasteiger partial charge in [0.15, 0.2) is 11.5 Å². The van der Waals surface area contributed by atoms with Gasteiger partial charge in [0.2, 0.25) is 5.91 Å². The first-order valence-corrected chi connectivity index (χ1v) is 8.56. The first-order chi connectivity index (χ1) is 12.7. The van der Waals surface area contributed by atoms with E-state index < -0.39 is 0 Å². The quantitative estimate of drug-likeness (QED) is 0.627. The van der Waals surface area contributed by atoms with Crippen molar-refractivity contribution >= 4 is 28.9 Å². The van der Waals surface area contributed by atoms with Crippen LogP contribution in [-0.4, -0.2) is 13.0 Å². The molecule has 0 spiro atoms. The van der Waals surface area contributed by atoms with Crippen LogP contribution in [0.3, 0.4) is 0 Å². The molecule has 4 nitrogen and oxygen atoms in total. The van der Waals surface area contributed by atoms with Crippen molar-refractivity contribution in [3.63, 3.8) is 0 Å². The van der Waals surface area contributed by atoms with Crippen LogP contribution in [0.4, 0.5) is 11.4 Å². The molecule has 130 valence electrons. The van der Waals surface area contributed by atoms with E-state index in [4.69, 9.17) is 21.1 Å². The number of anilines is 2. The fourth-order valence-corrected chi connectivity index (χ4v) is 3.16. The van der Waals surface area contributed by atoms with Gasteiger partial charge in [-0.25, -0.2) is 0 Å². The molecule has 0 saturated carbocycles. The Morgan fingerprint density at radius 2 is 1.73 bits per heavy atom. The molecule has 5 heteroatoms. The summed E-state index contributed by atoms with van der Waals surface area (Å²) in [6.07, 6.45) is 0.254. The maximum absolute atomic E-state index is 13.2. The van der Waals surface area contributed by atoms with Crippen molar-refractivity contribution in [1.29, 1.82) is 0 Å². The Morgan fingerprint density at radius 1 is 1.00 bits per heavy atom. The third-order valence-electron chi connectivity index (χ3n) is 4.25. The summed E-state index contributed by atoms with van der Waals surface area (Å²) in [7, 11) is 1.62. The van der Waals surface area contributed by atoms with Crippen LogP contribution in [0.25, 0.3) is 0 Å². The zero-order chi connectivity index (χ0) is 18.1. The van der Waals surface area contributed by atoms with Crippen LogP contribution in [0.15, 0.2) is 66.7 Å². The molecule has 1 aliphatic heterocycles. The van der Waals surface area contributed by atoms with Crippen LogP contribution in [0.5, 0.6) is 17.2 Å². The Kier molecular flexibility index (Phi) is 4.27. The number of hydrogen-bond acceptors (Lipinski definition) is 3. The predicted molar refractivity (Wildman–Crippen MR) is 102 cm³/mol. The van der Waals surface area contributed by atoms with Gasteiger partial charge in [0.1, 0.15) is 5.75 Å². The molecule has 4 rings (SSSR count). The summed E-state index contributed by atoms with van der Waals surface area (Å²) in [6.45, 7) is 0. The van der Waals surface area contributed by atoms with Gasteiger partial charge in [-0.3, -0.25) is 9.69 Å². The number of ether oxygens (including phenoxy) is 2. The molecule has 1 heterocycles. The Balaban J connectivity index is 1.72. The van der Waals surface area contributed by atoms with Crippen molar-refractivity contribution in [2.45, 2.75) is 6.42 Å². The van der Waals surface area contributed by atoms with E-state index in [-0.39, 0.29) is 12.3 Å².